The van der Waals surface area contributed by atoms with Gasteiger partial charge in [-0.3, -0.25) is 28.8 Å². The van der Waals surface area contributed by atoms with Gasteiger partial charge in [-0.25, -0.2) is 9.59 Å². The van der Waals surface area contributed by atoms with Gasteiger partial charge in [0.1, 0.15) is 37.3 Å². The molecule has 0 bridgehead atoms. The summed E-state index contributed by atoms with van der Waals surface area (Å²) in [5.41, 5.74) is 10.6. The summed E-state index contributed by atoms with van der Waals surface area (Å²) >= 11 is 0. The van der Waals surface area contributed by atoms with Crippen molar-refractivity contribution in [2.45, 2.75) is 24.2 Å². The van der Waals surface area contributed by atoms with Gasteiger partial charge < -0.3 is 63.8 Å². The molecule has 0 heterocycles. The molecule has 22 heteroatoms. The topological polar surface area (TPSA) is 342 Å². The Kier molecular flexibility index (Phi) is 17.2. The third-order valence-corrected chi connectivity index (χ3v) is 6.65. The van der Waals surface area contributed by atoms with Crippen molar-refractivity contribution in [1.29, 1.82) is 0 Å². The van der Waals surface area contributed by atoms with Crippen LogP contribution in [0.15, 0.2) is 0 Å². The van der Waals surface area contributed by atoms with Crippen molar-refractivity contribution < 1.29 is 58.8 Å². The molecule has 0 saturated heterocycles. The molecular formula is C18H30N8O12S2. The Labute approximate surface area is 233 Å². The van der Waals surface area contributed by atoms with Crippen molar-refractivity contribution in [3.63, 3.8) is 0 Å². The molecule has 0 aromatic rings. The number of nitrogens with two attached hydrogens (primary N) is 2. The highest BCUT2D eigenvalue weighted by atomic mass is 33.1. The zero-order chi connectivity index (χ0) is 30.8. The van der Waals surface area contributed by atoms with Gasteiger partial charge in [-0.15, -0.1) is 0 Å². The van der Waals surface area contributed by atoms with Gasteiger partial charge in [-0.1, -0.05) is 21.6 Å². The molecule has 0 aromatic carbocycles. The minimum atomic E-state index is -1.43. The fourth-order valence-electron chi connectivity index (χ4n) is 2.17. The lowest BCUT2D eigenvalue weighted by atomic mass is 10.3. The molecule has 14 N–H and O–H groups in total. The molecule has 40 heavy (non-hydrogen) atoms. The summed E-state index contributed by atoms with van der Waals surface area (Å²) in [4.78, 5) is 91.8. The third kappa shape index (κ3) is 16.7. The molecule has 4 unspecified atom stereocenters. The fourth-order valence-corrected chi connectivity index (χ4v) is 4.50. The summed E-state index contributed by atoms with van der Waals surface area (Å²) < 4.78 is 0. The largest absolute Gasteiger partial charge is 0.480 e. The normalized spacial score (nSPS) is 13.3. The van der Waals surface area contributed by atoms with Crippen LogP contribution in [0.5, 0.6) is 0 Å². The van der Waals surface area contributed by atoms with Crippen molar-refractivity contribution in [1.82, 2.24) is 31.9 Å². The molecule has 0 radical (unpaired) electrons. The summed E-state index contributed by atoms with van der Waals surface area (Å²) in [6.07, 6.45) is 0. The number of nitrogens with one attached hydrogen (secondary N) is 6. The summed E-state index contributed by atoms with van der Waals surface area (Å²) in [7, 11) is 1.79. The molecule has 0 fully saturated rings. The Morgan fingerprint density at radius 3 is 1.18 bits per heavy atom. The predicted octanol–water partition coefficient (Wildman–Crippen LogP) is -5.07. The Morgan fingerprint density at radius 2 is 0.900 bits per heavy atom. The second-order valence-corrected chi connectivity index (χ2v) is 10.0. The molecule has 0 aromatic heterocycles. The quantitative estimate of drug-likeness (QED) is 0.0478. The van der Waals surface area contributed by atoms with Crippen LogP contribution in [0.25, 0.3) is 0 Å². The van der Waals surface area contributed by atoms with Gasteiger partial charge in [0.05, 0.1) is 0 Å². The van der Waals surface area contributed by atoms with Crippen LogP contribution in [-0.4, -0.2) is 130 Å². The number of urea groups is 2. The summed E-state index contributed by atoms with van der Waals surface area (Å²) in [5.74, 6) is -7.75. The highest BCUT2D eigenvalue weighted by Crippen LogP contribution is 2.23. The van der Waals surface area contributed by atoms with E-state index in [4.69, 9.17) is 31.9 Å². The zero-order valence-electron chi connectivity index (χ0n) is 20.6. The van der Waals surface area contributed by atoms with E-state index >= 15 is 0 Å². The number of hydrogen-bond acceptors (Lipinski definition) is 12. The fraction of sp³-hybridized carbons (Fsp3) is 0.556. The Bertz CT molecular complexity index is 882. The van der Waals surface area contributed by atoms with E-state index in [0.29, 0.717) is 0 Å². The van der Waals surface area contributed by atoms with E-state index in [-0.39, 0.29) is 11.5 Å². The Balaban J connectivity index is 5.18. The molecule has 226 valence electrons. The molecule has 0 aliphatic heterocycles. The predicted molar refractivity (Wildman–Crippen MR) is 138 cm³/mol. The van der Waals surface area contributed by atoms with Crippen LogP contribution in [0.1, 0.15) is 0 Å². The lowest BCUT2D eigenvalue weighted by Crippen LogP contribution is -2.54. The second kappa shape index (κ2) is 19.1. The standard InChI is InChI=1S/C18H30N8O12S2/c19-7(15(33)34)1-23-17(37)25-9(13(31)21-3-11(27)28)5-39-40-6-10(14(32)22-4-12(29)30)26-18(38)24-2-8(20)16(35)36/h7-10H,1-6,19-20H2,(H,21,31)(H,22,32)(H,27,28)(H,29,30)(H,33,34)(H,35,36)(H2,23,25,37)(H2,24,26,38). The van der Waals surface area contributed by atoms with E-state index in [0.717, 1.165) is 21.6 Å². The maximum Gasteiger partial charge on any atom is 0.322 e. The first kappa shape index (κ1) is 36.0. The molecular weight excluding hydrogens is 584 g/mol. The molecule has 0 saturated carbocycles. The van der Waals surface area contributed by atoms with Crippen LogP contribution in [0.2, 0.25) is 0 Å². The number of amides is 6. The number of aliphatic carboxylic acids is 4. The average Bonchev–Trinajstić information content (AvgIpc) is 2.87. The van der Waals surface area contributed by atoms with E-state index in [1.165, 1.54) is 0 Å². The summed E-state index contributed by atoms with van der Waals surface area (Å²) in [6.45, 7) is -2.50. The van der Waals surface area contributed by atoms with Crippen molar-refractivity contribution in [2.75, 3.05) is 37.7 Å². The second-order valence-electron chi connectivity index (χ2n) is 7.50. The molecule has 0 spiro atoms. The lowest BCUT2D eigenvalue weighted by molar-refractivity contribution is -0.139. The minimum Gasteiger partial charge on any atom is -0.480 e. The molecule has 0 aliphatic carbocycles. The molecule has 4 atom stereocenters. The third-order valence-electron chi connectivity index (χ3n) is 4.22. The van der Waals surface area contributed by atoms with Crippen LogP contribution < -0.4 is 43.4 Å². The van der Waals surface area contributed by atoms with E-state index in [1.807, 2.05) is 0 Å². The Morgan fingerprint density at radius 1 is 0.575 bits per heavy atom. The maximum absolute atomic E-state index is 12.3. The van der Waals surface area contributed by atoms with Crippen LogP contribution >= 0.6 is 21.6 Å². The minimum absolute atomic E-state index is 0.211. The van der Waals surface area contributed by atoms with Gasteiger partial charge in [0.25, 0.3) is 0 Å². The van der Waals surface area contributed by atoms with Crippen molar-refractivity contribution in [3.8, 4) is 0 Å². The number of rotatable bonds is 19. The van der Waals surface area contributed by atoms with Crippen LogP contribution in [-0.2, 0) is 28.8 Å². The molecule has 0 rings (SSSR count). The van der Waals surface area contributed by atoms with Crippen LogP contribution in [0.3, 0.4) is 0 Å². The summed E-state index contributed by atoms with van der Waals surface area (Å²) in [5, 5.41) is 47.9. The number of hydrogen-bond donors (Lipinski definition) is 12. The van der Waals surface area contributed by atoms with Gasteiger partial charge in [0.15, 0.2) is 0 Å². The van der Waals surface area contributed by atoms with E-state index in [9.17, 15) is 38.4 Å². The van der Waals surface area contributed by atoms with Gasteiger partial charge in [0, 0.05) is 24.6 Å². The first-order valence-corrected chi connectivity index (χ1v) is 13.4. The van der Waals surface area contributed by atoms with E-state index in [1.54, 1.807) is 0 Å². The van der Waals surface area contributed by atoms with E-state index in [2.05, 4.69) is 31.9 Å². The Hall–Kier alpha value is -4.02. The van der Waals surface area contributed by atoms with Crippen molar-refractivity contribution in [3.05, 3.63) is 0 Å². The smallest absolute Gasteiger partial charge is 0.322 e. The zero-order valence-corrected chi connectivity index (χ0v) is 22.2. The monoisotopic (exact) mass is 614 g/mol. The van der Waals surface area contributed by atoms with E-state index < -0.39 is 98.1 Å². The molecule has 6 amide bonds. The van der Waals surface area contributed by atoms with Gasteiger partial charge in [-0.2, -0.15) is 0 Å². The van der Waals surface area contributed by atoms with Gasteiger partial charge in [-0.05, 0) is 0 Å². The summed E-state index contributed by atoms with van der Waals surface area (Å²) in [6, 6.07) is -7.51. The number of carbonyl (C=O) groups excluding carboxylic acids is 4. The number of carbonyl (C=O) groups is 8. The maximum atomic E-state index is 12.3. The molecule has 0 aliphatic rings. The van der Waals surface area contributed by atoms with Crippen molar-refractivity contribution in [2.24, 2.45) is 11.5 Å². The first-order chi connectivity index (χ1) is 18.6. The van der Waals surface area contributed by atoms with Crippen LogP contribution in [0.4, 0.5) is 9.59 Å². The van der Waals surface area contributed by atoms with Crippen molar-refractivity contribution >= 4 is 69.3 Å². The lowest BCUT2D eigenvalue weighted by Gasteiger charge is -2.20. The number of carboxylic acid groups (broad SMARTS) is 4. The number of carboxylic acids is 4. The highest BCUT2D eigenvalue weighted by Gasteiger charge is 2.25. The SMILES string of the molecule is NC(CNC(=O)NC(CSSCC(NC(=O)NCC(N)C(=O)O)C(=O)NCC(=O)O)C(=O)NCC(=O)O)C(=O)O. The average molecular weight is 615 g/mol. The highest BCUT2D eigenvalue weighted by molar-refractivity contribution is 8.76. The molecule has 20 nitrogen and oxygen atoms in total. The first-order valence-electron chi connectivity index (χ1n) is 10.9. The van der Waals surface area contributed by atoms with Crippen LogP contribution in [0, 0.1) is 0 Å². The van der Waals surface area contributed by atoms with Gasteiger partial charge in [0.2, 0.25) is 11.8 Å². The van der Waals surface area contributed by atoms with Gasteiger partial charge >= 0.3 is 35.9 Å².